The Hall–Kier alpha value is -1.69. The molecule has 0 N–H and O–H groups in total. The number of Topliss-reactive ketones (excluding diaryl/α,β-unsaturated/α-hetero) is 1. The first-order valence-electron chi connectivity index (χ1n) is 15.0. The number of hydrogen-bond donors (Lipinski definition) is 0. The van der Waals surface area contributed by atoms with E-state index in [1.165, 1.54) is 13.8 Å². The van der Waals surface area contributed by atoms with Crippen molar-refractivity contribution < 1.29 is 28.6 Å². The number of allylic oxidation sites excluding steroid dienone is 2. The van der Waals surface area contributed by atoms with Crippen LogP contribution in [0, 0.1) is 52.3 Å². The molecular weight excluding hydrogens is 480 g/mol. The van der Waals surface area contributed by atoms with Crippen molar-refractivity contribution in [3.8, 4) is 0 Å². The molecule has 4 aliphatic carbocycles. The van der Waals surface area contributed by atoms with Gasteiger partial charge in [-0.05, 0) is 73.5 Å². The molecule has 4 saturated carbocycles. The Kier molecular flexibility index (Phi) is 6.93. The van der Waals surface area contributed by atoms with E-state index in [0.29, 0.717) is 36.0 Å². The van der Waals surface area contributed by atoms with Gasteiger partial charge < -0.3 is 14.2 Å². The third-order valence-corrected chi connectivity index (χ3v) is 11.9. The van der Waals surface area contributed by atoms with Gasteiger partial charge in [0, 0.05) is 32.6 Å². The molecule has 12 atom stereocenters. The van der Waals surface area contributed by atoms with Gasteiger partial charge >= 0.3 is 11.9 Å². The van der Waals surface area contributed by atoms with Crippen molar-refractivity contribution in [1.29, 1.82) is 0 Å². The summed E-state index contributed by atoms with van der Waals surface area (Å²) in [4.78, 5) is 38.1. The van der Waals surface area contributed by atoms with Crippen LogP contribution in [-0.4, -0.2) is 41.6 Å². The summed E-state index contributed by atoms with van der Waals surface area (Å²) in [6, 6.07) is 0. The largest absolute Gasteiger partial charge is 0.462 e. The minimum atomic E-state index is -0.741. The van der Waals surface area contributed by atoms with Crippen LogP contribution in [0.1, 0.15) is 93.9 Å². The first kappa shape index (κ1) is 27.9. The second-order valence-corrected chi connectivity index (χ2v) is 14.2. The Labute approximate surface area is 228 Å². The van der Waals surface area contributed by atoms with Gasteiger partial charge in [0.25, 0.3) is 0 Å². The SMILES string of the molecule is CC(=O)OC1C[C@@]2(C)C(CC[C@@H]2C(C)/C=C/C(C)C(C)C)[C@@H]2C[C@H]3O[C@]34C[C@@H](OC(C)=O)CC(=O)[C@]4(C)C12. The van der Waals surface area contributed by atoms with Crippen LogP contribution in [-0.2, 0) is 28.6 Å². The van der Waals surface area contributed by atoms with Gasteiger partial charge in [-0.25, -0.2) is 0 Å². The minimum absolute atomic E-state index is 0.000327. The summed E-state index contributed by atoms with van der Waals surface area (Å²) < 4.78 is 18.2. The van der Waals surface area contributed by atoms with Crippen LogP contribution in [0.5, 0.6) is 0 Å². The van der Waals surface area contributed by atoms with Crippen molar-refractivity contribution in [3.63, 3.8) is 0 Å². The van der Waals surface area contributed by atoms with Gasteiger partial charge in [-0.2, -0.15) is 0 Å². The molecule has 1 aliphatic heterocycles. The van der Waals surface area contributed by atoms with Crippen LogP contribution in [0.4, 0.5) is 0 Å². The van der Waals surface area contributed by atoms with E-state index < -0.39 is 17.1 Å². The standard InChI is InChI=1S/C32H48O6/c1-17(2)18(3)9-10-19(4)24-11-12-25-23-14-28-32(38-28)15-22(36-20(5)33)13-27(35)31(32,8)29(23)26(37-21(6)34)16-30(24,25)7/h9-10,17-19,22-26,28-29H,11-16H2,1-8H3/b10-9+/t18?,19?,22-,23-,24+,25?,26?,28+,29?,30+,31+,32+/m0/s1. The lowest BCUT2D eigenvalue weighted by Gasteiger charge is -2.60. The molecule has 0 amide bonds. The summed E-state index contributed by atoms with van der Waals surface area (Å²) in [5, 5.41) is 0. The number of carbonyl (C=O) groups excluding carboxylic acids is 3. The predicted octanol–water partition coefficient (Wildman–Crippen LogP) is 5.91. The molecule has 5 fully saturated rings. The maximum absolute atomic E-state index is 14.0. The summed E-state index contributed by atoms with van der Waals surface area (Å²) in [5.41, 5.74) is -1.32. The lowest BCUT2D eigenvalue weighted by Crippen LogP contribution is -2.66. The van der Waals surface area contributed by atoms with Crippen molar-refractivity contribution in [2.45, 2.75) is 118 Å². The van der Waals surface area contributed by atoms with Gasteiger partial charge in [0.15, 0.2) is 0 Å². The quantitative estimate of drug-likeness (QED) is 0.242. The zero-order valence-electron chi connectivity index (χ0n) is 24.6. The van der Waals surface area contributed by atoms with Crippen molar-refractivity contribution in [3.05, 3.63) is 12.2 Å². The Morgan fingerprint density at radius 3 is 2.32 bits per heavy atom. The molecule has 212 valence electrons. The number of ether oxygens (including phenoxy) is 3. The number of rotatable bonds is 6. The van der Waals surface area contributed by atoms with Crippen molar-refractivity contribution in [1.82, 2.24) is 0 Å². The molecule has 0 radical (unpaired) electrons. The summed E-state index contributed by atoms with van der Waals surface area (Å²) in [7, 11) is 0. The second kappa shape index (κ2) is 9.45. The molecule has 0 bridgehead atoms. The highest BCUT2D eigenvalue weighted by molar-refractivity contribution is 5.89. The van der Waals surface area contributed by atoms with E-state index in [4.69, 9.17) is 14.2 Å². The monoisotopic (exact) mass is 528 g/mol. The van der Waals surface area contributed by atoms with Crippen molar-refractivity contribution >= 4 is 17.7 Å². The van der Waals surface area contributed by atoms with Gasteiger partial charge in [-0.3, -0.25) is 14.4 Å². The average molecular weight is 529 g/mol. The molecule has 38 heavy (non-hydrogen) atoms. The molecular formula is C32H48O6. The maximum Gasteiger partial charge on any atom is 0.302 e. The Morgan fingerprint density at radius 2 is 1.68 bits per heavy atom. The highest BCUT2D eigenvalue weighted by atomic mass is 16.6. The summed E-state index contributed by atoms with van der Waals surface area (Å²) >= 11 is 0. The van der Waals surface area contributed by atoms with Gasteiger partial charge in [0.1, 0.15) is 23.6 Å². The van der Waals surface area contributed by atoms with Gasteiger partial charge in [-0.1, -0.05) is 46.8 Å². The molecule has 1 spiro atoms. The van der Waals surface area contributed by atoms with Gasteiger partial charge in [-0.15, -0.1) is 0 Å². The molecule has 5 rings (SSSR count). The van der Waals surface area contributed by atoms with Crippen LogP contribution in [0.15, 0.2) is 12.2 Å². The molecule has 6 heteroatoms. The molecule has 6 nitrogen and oxygen atoms in total. The Balaban J connectivity index is 1.47. The first-order valence-corrected chi connectivity index (χ1v) is 15.0. The normalized spacial score (nSPS) is 47.0. The van der Waals surface area contributed by atoms with Crippen molar-refractivity contribution in [2.75, 3.05) is 0 Å². The molecule has 1 heterocycles. The smallest absolute Gasteiger partial charge is 0.302 e. The minimum Gasteiger partial charge on any atom is -0.462 e. The number of fused-ring (bicyclic) bond motifs is 4. The van der Waals surface area contributed by atoms with Crippen LogP contribution in [0.3, 0.4) is 0 Å². The fraction of sp³-hybridized carbons (Fsp3) is 0.844. The lowest BCUT2D eigenvalue weighted by molar-refractivity contribution is -0.196. The molecule has 0 aromatic heterocycles. The molecule has 0 aromatic rings. The molecule has 1 saturated heterocycles. The molecule has 5 aliphatic rings. The van der Waals surface area contributed by atoms with E-state index in [0.717, 1.165) is 25.7 Å². The van der Waals surface area contributed by atoms with Gasteiger partial charge in [0.05, 0.1) is 11.5 Å². The Morgan fingerprint density at radius 1 is 1.00 bits per heavy atom. The zero-order valence-corrected chi connectivity index (χ0v) is 24.6. The summed E-state index contributed by atoms with van der Waals surface area (Å²) in [5.74, 6) is 2.25. The third-order valence-electron chi connectivity index (χ3n) is 11.9. The molecule has 0 aromatic carbocycles. The lowest BCUT2D eigenvalue weighted by atomic mass is 9.43. The fourth-order valence-corrected chi connectivity index (χ4v) is 9.80. The van der Waals surface area contributed by atoms with Crippen LogP contribution in [0.2, 0.25) is 0 Å². The third kappa shape index (κ3) is 4.10. The van der Waals surface area contributed by atoms with E-state index in [1.807, 2.05) is 0 Å². The number of epoxide rings is 1. The number of carbonyl (C=O) groups is 3. The van der Waals surface area contributed by atoms with E-state index in [-0.39, 0.29) is 53.6 Å². The van der Waals surface area contributed by atoms with Crippen LogP contribution in [0.25, 0.3) is 0 Å². The number of hydrogen-bond acceptors (Lipinski definition) is 6. The second-order valence-electron chi connectivity index (χ2n) is 14.2. The number of esters is 2. The highest BCUT2D eigenvalue weighted by Gasteiger charge is 2.80. The van der Waals surface area contributed by atoms with E-state index >= 15 is 0 Å². The van der Waals surface area contributed by atoms with Crippen LogP contribution >= 0.6 is 0 Å². The summed E-state index contributed by atoms with van der Waals surface area (Å²) in [6.07, 6.45) is 8.81. The zero-order chi connectivity index (χ0) is 27.8. The van der Waals surface area contributed by atoms with E-state index in [9.17, 15) is 14.4 Å². The number of ketones is 1. The summed E-state index contributed by atoms with van der Waals surface area (Å²) in [6.45, 7) is 16.6. The van der Waals surface area contributed by atoms with Crippen molar-refractivity contribution in [2.24, 2.45) is 52.3 Å². The fourth-order valence-electron chi connectivity index (χ4n) is 9.80. The highest BCUT2D eigenvalue weighted by Crippen LogP contribution is 2.74. The van der Waals surface area contributed by atoms with Crippen LogP contribution < -0.4 is 0 Å². The maximum atomic E-state index is 14.0. The average Bonchev–Trinajstić information content (AvgIpc) is 3.39. The van der Waals surface area contributed by atoms with E-state index in [2.05, 4.69) is 53.7 Å². The molecule has 5 unspecified atom stereocenters. The topological polar surface area (TPSA) is 82.2 Å². The van der Waals surface area contributed by atoms with E-state index in [1.54, 1.807) is 0 Å². The Bertz CT molecular complexity index is 1020. The van der Waals surface area contributed by atoms with Gasteiger partial charge in [0.2, 0.25) is 0 Å². The first-order chi connectivity index (χ1) is 17.7. The predicted molar refractivity (Wildman–Crippen MR) is 144 cm³/mol.